The number of hydrogen-bond donors (Lipinski definition) is 1. The predicted molar refractivity (Wildman–Crippen MR) is 70.2 cm³/mol. The SMILES string of the molecule is COC(=O)CC(O)CN(C)CCc1ccc(F)cc1. The topological polar surface area (TPSA) is 49.8 Å². The van der Waals surface area contributed by atoms with Crippen molar-refractivity contribution in [3.05, 3.63) is 35.6 Å². The Kier molecular flexibility index (Phi) is 6.45. The maximum Gasteiger partial charge on any atom is 0.308 e. The highest BCUT2D eigenvalue weighted by atomic mass is 19.1. The van der Waals surface area contributed by atoms with Crippen molar-refractivity contribution in [2.75, 3.05) is 27.2 Å². The molecule has 1 aromatic rings. The molecule has 1 unspecified atom stereocenters. The lowest BCUT2D eigenvalue weighted by Crippen LogP contribution is -2.32. The molecule has 0 aliphatic carbocycles. The van der Waals surface area contributed by atoms with Crippen molar-refractivity contribution in [3.63, 3.8) is 0 Å². The molecule has 1 atom stereocenters. The van der Waals surface area contributed by atoms with E-state index >= 15 is 0 Å². The van der Waals surface area contributed by atoms with Gasteiger partial charge < -0.3 is 14.7 Å². The largest absolute Gasteiger partial charge is 0.469 e. The number of rotatable bonds is 7. The second-order valence-electron chi connectivity index (χ2n) is 4.57. The van der Waals surface area contributed by atoms with Crippen molar-refractivity contribution in [2.45, 2.75) is 18.9 Å². The lowest BCUT2D eigenvalue weighted by molar-refractivity contribution is -0.143. The number of aliphatic hydroxyl groups excluding tert-OH is 1. The molecule has 1 rings (SSSR count). The van der Waals surface area contributed by atoms with Crippen molar-refractivity contribution in [1.82, 2.24) is 4.90 Å². The van der Waals surface area contributed by atoms with E-state index < -0.39 is 12.1 Å². The number of carbonyl (C=O) groups is 1. The van der Waals surface area contributed by atoms with E-state index in [0.717, 1.165) is 18.5 Å². The number of benzene rings is 1. The molecule has 1 aromatic carbocycles. The number of ether oxygens (including phenoxy) is 1. The molecule has 0 spiro atoms. The first-order valence-electron chi connectivity index (χ1n) is 6.19. The van der Waals surface area contributed by atoms with Crippen LogP contribution in [0, 0.1) is 5.82 Å². The van der Waals surface area contributed by atoms with Gasteiger partial charge in [0, 0.05) is 13.1 Å². The highest BCUT2D eigenvalue weighted by molar-refractivity contribution is 5.69. The van der Waals surface area contributed by atoms with Crippen molar-refractivity contribution >= 4 is 5.97 Å². The fraction of sp³-hybridized carbons (Fsp3) is 0.500. The fourth-order valence-electron chi connectivity index (χ4n) is 1.76. The molecule has 106 valence electrons. The summed E-state index contributed by atoms with van der Waals surface area (Å²) in [6, 6.07) is 6.35. The number of nitrogens with zero attached hydrogens (tertiary/aromatic N) is 1. The van der Waals surface area contributed by atoms with Crippen LogP contribution in [0.1, 0.15) is 12.0 Å². The Morgan fingerprint density at radius 3 is 2.63 bits per heavy atom. The van der Waals surface area contributed by atoms with Gasteiger partial charge >= 0.3 is 5.97 Å². The van der Waals surface area contributed by atoms with Crippen LogP contribution in [-0.4, -0.2) is 49.3 Å². The average molecular weight is 269 g/mol. The molecule has 4 nitrogen and oxygen atoms in total. The third-order valence-electron chi connectivity index (χ3n) is 2.85. The molecular formula is C14H20FNO3. The lowest BCUT2D eigenvalue weighted by atomic mass is 10.1. The van der Waals surface area contributed by atoms with Crippen molar-refractivity contribution in [3.8, 4) is 0 Å². The monoisotopic (exact) mass is 269 g/mol. The predicted octanol–water partition coefficient (Wildman–Crippen LogP) is 1.22. The van der Waals surface area contributed by atoms with Gasteiger partial charge in [-0.3, -0.25) is 4.79 Å². The summed E-state index contributed by atoms with van der Waals surface area (Å²) < 4.78 is 17.2. The third kappa shape index (κ3) is 6.31. The zero-order chi connectivity index (χ0) is 14.3. The van der Waals surface area contributed by atoms with E-state index in [9.17, 15) is 14.3 Å². The molecule has 19 heavy (non-hydrogen) atoms. The third-order valence-corrected chi connectivity index (χ3v) is 2.85. The van der Waals surface area contributed by atoms with Crippen LogP contribution < -0.4 is 0 Å². The molecule has 0 saturated carbocycles. The Bertz CT molecular complexity index is 394. The van der Waals surface area contributed by atoms with Gasteiger partial charge in [0.15, 0.2) is 0 Å². The lowest BCUT2D eigenvalue weighted by Gasteiger charge is -2.19. The Morgan fingerprint density at radius 2 is 2.05 bits per heavy atom. The van der Waals surface area contributed by atoms with Gasteiger partial charge in [0.1, 0.15) is 5.82 Å². The molecule has 0 amide bonds. The molecule has 0 fully saturated rings. The summed E-state index contributed by atoms with van der Waals surface area (Å²) in [4.78, 5) is 12.9. The fourth-order valence-corrected chi connectivity index (χ4v) is 1.76. The van der Waals surface area contributed by atoms with Gasteiger partial charge in [0.25, 0.3) is 0 Å². The Morgan fingerprint density at radius 1 is 1.42 bits per heavy atom. The Hall–Kier alpha value is -1.46. The molecule has 0 radical (unpaired) electrons. The Labute approximate surface area is 112 Å². The van der Waals surface area contributed by atoms with Crippen LogP contribution in [0.5, 0.6) is 0 Å². The van der Waals surface area contributed by atoms with E-state index in [1.807, 2.05) is 11.9 Å². The average Bonchev–Trinajstić information content (AvgIpc) is 2.37. The van der Waals surface area contributed by atoms with E-state index in [4.69, 9.17) is 0 Å². The summed E-state index contributed by atoms with van der Waals surface area (Å²) in [7, 11) is 3.16. The number of hydrogen-bond acceptors (Lipinski definition) is 4. The smallest absolute Gasteiger partial charge is 0.308 e. The van der Waals surface area contributed by atoms with E-state index in [-0.39, 0.29) is 12.2 Å². The van der Waals surface area contributed by atoms with Gasteiger partial charge in [-0.15, -0.1) is 0 Å². The van der Waals surface area contributed by atoms with Crippen LogP contribution in [0.3, 0.4) is 0 Å². The van der Waals surface area contributed by atoms with Crippen molar-refractivity contribution < 1.29 is 19.0 Å². The molecule has 5 heteroatoms. The summed E-state index contributed by atoms with van der Waals surface area (Å²) in [5.74, 6) is -0.662. The van der Waals surface area contributed by atoms with Crippen LogP contribution in [-0.2, 0) is 16.0 Å². The van der Waals surface area contributed by atoms with E-state index in [2.05, 4.69) is 4.74 Å². The van der Waals surface area contributed by atoms with E-state index in [0.29, 0.717) is 6.54 Å². The first kappa shape index (κ1) is 15.6. The number of aliphatic hydroxyl groups is 1. The summed E-state index contributed by atoms with van der Waals surface area (Å²) >= 11 is 0. The van der Waals surface area contributed by atoms with Crippen molar-refractivity contribution in [1.29, 1.82) is 0 Å². The number of methoxy groups -OCH3 is 1. The maximum absolute atomic E-state index is 12.7. The van der Waals surface area contributed by atoms with Crippen LogP contribution >= 0.6 is 0 Å². The van der Waals surface area contributed by atoms with Crippen molar-refractivity contribution in [2.24, 2.45) is 0 Å². The summed E-state index contributed by atoms with van der Waals surface area (Å²) in [5, 5.41) is 9.66. The molecule has 0 aromatic heterocycles. The highest BCUT2D eigenvalue weighted by Crippen LogP contribution is 2.05. The number of halogens is 1. The summed E-state index contributed by atoms with van der Waals surface area (Å²) in [6.07, 6.45) is 0.0321. The Balaban J connectivity index is 2.29. The van der Waals surface area contributed by atoms with E-state index in [1.165, 1.54) is 19.2 Å². The van der Waals surface area contributed by atoms with Gasteiger partial charge in [-0.2, -0.15) is 0 Å². The van der Waals surface area contributed by atoms with Gasteiger partial charge in [-0.25, -0.2) is 4.39 Å². The molecular weight excluding hydrogens is 249 g/mol. The van der Waals surface area contributed by atoms with E-state index in [1.54, 1.807) is 12.1 Å². The van der Waals surface area contributed by atoms with Gasteiger partial charge in [0.2, 0.25) is 0 Å². The zero-order valence-electron chi connectivity index (χ0n) is 11.3. The second-order valence-corrected chi connectivity index (χ2v) is 4.57. The minimum Gasteiger partial charge on any atom is -0.469 e. The minimum atomic E-state index is -0.731. The van der Waals surface area contributed by atoms with Crippen LogP contribution in [0.4, 0.5) is 4.39 Å². The summed E-state index contributed by atoms with van der Waals surface area (Å²) in [6.45, 7) is 1.13. The quantitative estimate of drug-likeness (QED) is 0.756. The molecule has 0 aliphatic heterocycles. The number of carbonyl (C=O) groups excluding carboxylic acids is 1. The first-order valence-corrected chi connectivity index (χ1v) is 6.19. The molecule has 0 heterocycles. The second kappa shape index (κ2) is 7.86. The van der Waals surface area contributed by atoms with Gasteiger partial charge in [-0.05, 0) is 31.2 Å². The highest BCUT2D eigenvalue weighted by Gasteiger charge is 2.13. The normalized spacial score (nSPS) is 12.5. The van der Waals surface area contributed by atoms with Gasteiger partial charge in [-0.1, -0.05) is 12.1 Å². The maximum atomic E-state index is 12.7. The first-order chi connectivity index (χ1) is 9.01. The standard InChI is InChI=1S/C14H20FNO3/c1-16(10-13(17)9-14(18)19-2)8-7-11-3-5-12(15)6-4-11/h3-6,13,17H,7-10H2,1-2H3. The van der Waals surface area contributed by atoms with Crippen LogP contribution in [0.25, 0.3) is 0 Å². The van der Waals surface area contributed by atoms with Crippen LogP contribution in [0.15, 0.2) is 24.3 Å². The molecule has 0 bridgehead atoms. The molecule has 0 saturated heterocycles. The zero-order valence-corrected chi connectivity index (χ0v) is 11.3. The molecule has 1 N–H and O–H groups in total. The number of likely N-dealkylation sites (N-methyl/N-ethyl adjacent to an activating group) is 1. The van der Waals surface area contributed by atoms with Gasteiger partial charge in [0.05, 0.1) is 19.6 Å². The molecule has 0 aliphatic rings. The number of esters is 1. The summed E-state index contributed by atoms with van der Waals surface area (Å²) in [5.41, 5.74) is 1.04. The van der Waals surface area contributed by atoms with Crippen LogP contribution in [0.2, 0.25) is 0 Å². The minimum absolute atomic E-state index is 0.00259.